The summed E-state index contributed by atoms with van der Waals surface area (Å²) in [6.07, 6.45) is 0.719. The van der Waals surface area contributed by atoms with Crippen LogP contribution in [0.15, 0.2) is 18.2 Å². The van der Waals surface area contributed by atoms with Gasteiger partial charge in [0.2, 0.25) is 0 Å². The number of hydrogen-bond acceptors (Lipinski definition) is 3. The van der Waals surface area contributed by atoms with Gasteiger partial charge in [0.25, 0.3) is 0 Å². The first-order valence-corrected chi connectivity index (χ1v) is 6.24. The lowest BCUT2D eigenvalue weighted by molar-refractivity contribution is 0.137. The van der Waals surface area contributed by atoms with Crippen molar-refractivity contribution in [2.24, 2.45) is 0 Å². The van der Waals surface area contributed by atoms with Crippen molar-refractivity contribution >= 4 is 11.6 Å². The van der Waals surface area contributed by atoms with Crippen LogP contribution in [0, 0.1) is 6.92 Å². The van der Waals surface area contributed by atoms with Crippen molar-refractivity contribution in [2.45, 2.75) is 39.5 Å². The van der Waals surface area contributed by atoms with E-state index in [1.807, 2.05) is 39.0 Å². The molecule has 3 nitrogen and oxygen atoms in total. The molecule has 0 aliphatic heterocycles. The monoisotopic (exact) mass is 257 g/mol. The lowest BCUT2D eigenvalue weighted by Gasteiger charge is -2.21. The largest absolute Gasteiger partial charge is 0.476 e. The maximum Gasteiger partial charge on any atom is 0.147 e. The van der Waals surface area contributed by atoms with Crippen molar-refractivity contribution in [1.82, 2.24) is 5.32 Å². The van der Waals surface area contributed by atoms with Gasteiger partial charge in [-0.3, -0.25) is 5.32 Å². The average Bonchev–Trinajstić information content (AvgIpc) is 2.31. The van der Waals surface area contributed by atoms with Gasteiger partial charge in [-0.2, -0.15) is 0 Å². The smallest absolute Gasteiger partial charge is 0.147 e. The quantitative estimate of drug-likeness (QED) is 0.770. The van der Waals surface area contributed by atoms with Gasteiger partial charge in [0, 0.05) is 11.1 Å². The van der Waals surface area contributed by atoms with Gasteiger partial charge >= 0.3 is 0 Å². The predicted molar refractivity (Wildman–Crippen MR) is 70.6 cm³/mol. The molecule has 4 heteroatoms. The van der Waals surface area contributed by atoms with Crippen molar-refractivity contribution in [1.29, 1.82) is 0 Å². The Labute approximate surface area is 108 Å². The van der Waals surface area contributed by atoms with Gasteiger partial charge in [-0.25, -0.2) is 0 Å². The number of ether oxygens (including phenoxy) is 1. The molecule has 0 aromatic heterocycles. The molecule has 0 amide bonds. The molecule has 0 fully saturated rings. The molecule has 96 valence electrons. The summed E-state index contributed by atoms with van der Waals surface area (Å²) in [6, 6.07) is 5.63. The minimum Gasteiger partial charge on any atom is -0.476 e. The molecule has 0 radical (unpaired) electrons. The molecule has 1 unspecified atom stereocenters. The van der Waals surface area contributed by atoms with Crippen molar-refractivity contribution < 1.29 is 9.84 Å². The molecule has 0 heterocycles. The number of hydrogen-bond donors (Lipinski definition) is 2. The normalized spacial score (nSPS) is 14.4. The molecule has 1 aromatic carbocycles. The molecule has 17 heavy (non-hydrogen) atoms. The Morgan fingerprint density at radius 2 is 2.18 bits per heavy atom. The van der Waals surface area contributed by atoms with Gasteiger partial charge in [-0.1, -0.05) is 18.5 Å². The SMILES string of the molecule is CC[C@@H](CO)NC(C)Oc1ccc(Cl)c(C)c1. The Kier molecular flexibility index (Phi) is 5.75. The lowest BCUT2D eigenvalue weighted by atomic mass is 10.2. The summed E-state index contributed by atoms with van der Waals surface area (Å²) < 4.78 is 5.70. The van der Waals surface area contributed by atoms with Crippen LogP contribution in [0.3, 0.4) is 0 Å². The van der Waals surface area contributed by atoms with E-state index in [1.54, 1.807) is 0 Å². The third-order valence-electron chi connectivity index (χ3n) is 2.63. The summed E-state index contributed by atoms with van der Waals surface area (Å²) in [5, 5.41) is 13.0. The minimum atomic E-state index is -0.146. The Balaban J connectivity index is 2.55. The van der Waals surface area contributed by atoms with Crippen LogP contribution >= 0.6 is 11.6 Å². The molecule has 0 bridgehead atoms. The van der Waals surface area contributed by atoms with E-state index in [0.29, 0.717) is 0 Å². The van der Waals surface area contributed by atoms with E-state index in [-0.39, 0.29) is 18.9 Å². The highest BCUT2D eigenvalue weighted by atomic mass is 35.5. The number of aryl methyl sites for hydroxylation is 1. The number of nitrogens with one attached hydrogen (secondary N) is 1. The molecule has 2 atom stereocenters. The summed E-state index contributed by atoms with van der Waals surface area (Å²) in [5.41, 5.74) is 0.991. The van der Waals surface area contributed by atoms with E-state index in [9.17, 15) is 0 Å². The Morgan fingerprint density at radius 3 is 2.71 bits per heavy atom. The first kappa shape index (κ1) is 14.3. The number of aliphatic hydroxyl groups is 1. The third kappa shape index (κ3) is 4.54. The second kappa shape index (κ2) is 6.84. The van der Waals surface area contributed by atoms with E-state index in [4.69, 9.17) is 21.4 Å². The summed E-state index contributed by atoms with van der Waals surface area (Å²) in [4.78, 5) is 0. The second-order valence-corrected chi connectivity index (χ2v) is 4.53. The van der Waals surface area contributed by atoms with Gasteiger partial charge in [-0.05, 0) is 44.0 Å². The van der Waals surface area contributed by atoms with Gasteiger partial charge in [0.05, 0.1) is 6.61 Å². The first-order valence-electron chi connectivity index (χ1n) is 5.86. The first-order chi connectivity index (χ1) is 8.06. The van der Waals surface area contributed by atoms with Gasteiger partial charge in [0.15, 0.2) is 0 Å². The Bertz CT molecular complexity index is 353. The van der Waals surface area contributed by atoms with Crippen LogP contribution in [0.25, 0.3) is 0 Å². The van der Waals surface area contributed by atoms with Crippen molar-refractivity contribution in [3.8, 4) is 5.75 Å². The fraction of sp³-hybridized carbons (Fsp3) is 0.538. The minimum absolute atomic E-state index is 0.0680. The van der Waals surface area contributed by atoms with E-state index in [1.165, 1.54) is 0 Å². The molecular weight excluding hydrogens is 238 g/mol. The maximum absolute atomic E-state index is 9.09. The topological polar surface area (TPSA) is 41.5 Å². The maximum atomic E-state index is 9.09. The van der Waals surface area contributed by atoms with E-state index in [0.717, 1.165) is 22.8 Å². The number of aliphatic hydroxyl groups excluding tert-OH is 1. The van der Waals surface area contributed by atoms with Crippen LogP contribution in [0.4, 0.5) is 0 Å². The zero-order valence-electron chi connectivity index (χ0n) is 10.5. The fourth-order valence-electron chi connectivity index (χ4n) is 1.56. The predicted octanol–water partition coefficient (Wildman–Crippen LogP) is 2.73. The highest BCUT2D eigenvalue weighted by molar-refractivity contribution is 6.31. The van der Waals surface area contributed by atoms with Crippen molar-refractivity contribution in [3.05, 3.63) is 28.8 Å². The molecule has 1 rings (SSSR count). The number of rotatable bonds is 6. The number of halogens is 1. The standard InChI is InChI=1S/C13H20ClNO2/c1-4-11(8-16)15-10(3)17-12-5-6-13(14)9(2)7-12/h5-7,10-11,15-16H,4,8H2,1-3H3/t10?,11-/m0/s1. The van der Waals surface area contributed by atoms with E-state index in [2.05, 4.69) is 5.32 Å². The highest BCUT2D eigenvalue weighted by Crippen LogP contribution is 2.21. The summed E-state index contributed by atoms with van der Waals surface area (Å²) in [7, 11) is 0. The van der Waals surface area contributed by atoms with Crippen LogP contribution in [0.5, 0.6) is 5.75 Å². The van der Waals surface area contributed by atoms with Crippen molar-refractivity contribution in [2.75, 3.05) is 6.61 Å². The lowest BCUT2D eigenvalue weighted by Crippen LogP contribution is -2.41. The van der Waals surface area contributed by atoms with Crippen LogP contribution in [-0.2, 0) is 0 Å². The molecular formula is C13H20ClNO2. The van der Waals surface area contributed by atoms with Crippen LogP contribution in [0.2, 0.25) is 5.02 Å². The summed E-state index contributed by atoms with van der Waals surface area (Å²) >= 11 is 5.94. The van der Waals surface area contributed by atoms with Crippen LogP contribution in [-0.4, -0.2) is 24.0 Å². The molecule has 0 aliphatic rings. The molecule has 1 aromatic rings. The molecule has 0 aliphatic carbocycles. The molecule has 0 saturated heterocycles. The molecule has 0 saturated carbocycles. The average molecular weight is 258 g/mol. The zero-order valence-corrected chi connectivity index (χ0v) is 11.3. The summed E-state index contributed by atoms with van der Waals surface area (Å²) in [6.45, 7) is 6.00. The number of benzene rings is 1. The van der Waals surface area contributed by atoms with Crippen LogP contribution < -0.4 is 10.1 Å². The van der Waals surface area contributed by atoms with Gasteiger partial charge in [-0.15, -0.1) is 0 Å². The van der Waals surface area contributed by atoms with E-state index >= 15 is 0 Å². The van der Waals surface area contributed by atoms with Crippen molar-refractivity contribution in [3.63, 3.8) is 0 Å². The fourth-order valence-corrected chi connectivity index (χ4v) is 1.68. The molecule has 0 spiro atoms. The van der Waals surface area contributed by atoms with Gasteiger partial charge in [0.1, 0.15) is 12.0 Å². The van der Waals surface area contributed by atoms with E-state index < -0.39 is 0 Å². The Hall–Kier alpha value is -0.770. The molecule has 2 N–H and O–H groups in total. The van der Waals surface area contributed by atoms with Crippen LogP contribution in [0.1, 0.15) is 25.8 Å². The second-order valence-electron chi connectivity index (χ2n) is 4.13. The summed E-state index contributed by atoms with van der Waals surface area (Å²) in [5.74, 6) is 0.777. The highest BCUT2D eigenvalue weighted by Gasteiger charge is 2.10. The zero-order chi connectivity index (χ0) is 12.8. The Morgan fingerprint density at radius 1 is 1.47 bits per heavy atom. The van der Waals surface area contributed by atoms with Gasteiger partial charge < -0.3 is 9.84 Å². The third-order valence-corrected chi connectivity index (χ3v) is 3.05.